The van der Waals surface area contributed by atoms with Crippen molar-refractivity contribution in [1.82, 2.24) is 0 Å². The minimum atomic E-state index is -0.295. The number of aryl methyl sites for hydroxylation is 1. The van der Waals surface area contributed by atoms with E-state index in [9.17, 15) is 0 Å². The van der Waals surface area contributed by atoms with Crippen LogP contribution in [-0.2, 0) is 15.7 Å². The van der Waals surface area contributed by atoms with Gasteiger partial charge in [-0.3, -0.25) is 0 Å². The zero-order valence-electron chi connectivity index (χ0n) is 22.4. The third kappa shape index (κ3) is 8.71. The van der Waals surface area contributed by atoms with Gasteiger partial charge in [0.25, 0.3) is 0 Å². The topological polar surface area (TPSA) is 18.5 Å². The minimum absolute atomic E-state index is 0.276. The van der Waals surface area contributed by atoms with E-state index in [4.69, 9.17) is 9.31 Å². The maximum atomic E-state index is 6.29. The lowest BCUT2D eigenvalue weighted by molar-refractivity contribution is 0.00578. The van der Waals surface area contributed by atoms with Gasteiger partial charge in [0.05, 0.1) is 11.2 Å². The molecule has 2 nitrogen and oxygen atoms in total. The van der Waals surface area contributed by atoms with Crippen LogP contribution < -0.4 is 0 Å². The van der Waals surface area contributed by atoms with E-state index in [1.54, 1.807) is 0 Å². The summed E-state index contributed by atoms with van der Waals surface area (Å²) in [4.78, 5) is 0. The van der Waals surface area contributed by atoms with Crippen molar-refractivity contribution in [1.29, 1.82) is 0 Å². The van der Waals surface area contributed by atoms with E-state index in [0.29, 0.717) is 5.41 Å². The molecule has 0 aliphatic carbocycles. The fourth-order valence-electron chi connectivity index (χ4n) is 4.27. The summed E-state index contributed by atoms with van der Waals surface area (Å²) in [5.41, 5.74) is 4.02. The molecule has 32 heavy (non-hydrogen) atoms. The van der Waals surface area contributed by atoms with Crippen LogP contribution in [-0.4, -0.2) is 18.3 Å². The average molecular weight is 441 g/mol. The van der Waals surface area contributed by atoms with Gasteiger partial charge in [0.1, 0.15) is 0 Å². The van der Waals surface area contributed by atoms with Crippen molar-refractivity contribution in [2.24, 2.45) is 5.41 Å². The van der Waals surface area contributed by atoms with E-state index in [1.807, 2.05) is 0 Å². The lowest BCUT2D eigenvalue weighted by atomic mass is 9.83. The second kappa shape index (κ2) is 11.9. The smallest absolute Gasteiger partial charge is 0.400 e. The summed E-state index contributed by atoms with van der Waals surface area (Å²) < 4.78 is 12.6. The van der Waals surface area contributed by atoms with E-state index < -0.39 is 0 Å². The van der Waals surface area contributed by atoms with Crippen LogP contribution in [0.4, 0.5) is 0 Å². The van der Waals surface area contributed by atoms with Gasteiger partial charge in [0, 0.05) is 0 Å². The molecule has 0 N–H and O–H groups in total. The summed E-state index contributed by atoms with van der Waals surface area (Å²) in [6.45, 7) is 17.8. The number of allylic oxidation sites excluding steroid dienone is 1. The van der Waals surface area contributed by atoms with Crippen molar-refractivity contribution in [3.8, 4) is 0 Å². The van der Waals surface area contributed by atoms with E-state index in [0.717, 1.165) is 12.8 Å². The van der Waals surface area contributed by atoms with E-state index in [1.165, 1.54) is 68.1 Å². The summed E-state index contributed by atoms with van der Waals surface area (Å²) in [6, 6.07) is 9.18. The number of benzene rings is 1. The highest BCUT2D eigenvalue weighted by molar-refractivity contribution is 6.53. The molecule has 1 aliphatic heterocycles. The minimum Gasteiger partial charge on any atom is -0.400 e. The monoisotopic (exact) mass is 440 g/mol. The molecule has 1 fully saturated rings. The number of hydrogen-bond donors (Lipinski definition) is 0. The van der Waals surface area contributed by atoms with Crippen LogP contribution >= 0.6 is 0 Å². The molecule has 0 aromatic heterocycles. The lowest BCUT2D eigenvalue weighted by Gasteiger charge is -2.32. The zero-order chi connectivity index (χ0) is 23.8. The molecule has 0 bridgehead atoms. The maximum Gasteiger partial charge on any atom is 0.487 e. The molecule has 0 atom stereocenters. The van der Waals surface area contributed by atoms with E-state index in [2.05, 4.69) is 85.6 Å². The van der Waals surface area contributed by atoms with Crippen LogP contribution in [0.25, 0.3) is 5.57 Å². The Hall–Kier alpha value is -1.06. The summed E-state index contributed by atoms with van der Waals surface area (Å²) in [5, 5.41) is 0. The molecule has 1 aromatic carbocycles. The van der Waals surface area contributed by atoms with Crippen LogP contribution in [0.15, 0.2) is 30.2 Å². The summed E-state index contributed by atoms with van der Waals surface area (Å²) in [7, 11) is -0.276. The molecule has 1 aromatic rings. The Morgan fingerprint density at radius 1 is 0.906 bits per heavy atom. The van der Waals surface area contributed by atoms with Gasteiger partial charge in [-0.2, -0.15) is 0 Å². The normalized spacial score (nSPS) is 18.4. The maximum absolute atomic E-state index is 6.29. The van der Waals surface area contributed by atoms with Crippen molar-refractivity contribution >= 4 is 12.7 Å². The average Bonchev–Trinajstić information content (AvgIpc) is 2.89. The number of hydrogen-bond acceptors (Lipinski definition) is 2. The van der Waals surface area contributed by atoms with Gasteiger partial charge in [-0.15, -0.1) is 0 Å². The molecule has 0 saturated carbocycles. The van der Waals surface area contributed by atoms with Crippen LogP contribution in [0.2, 0.25) is 0 Å². The van der Waals surface area contributed by atoms with E-state index >= 15 is 0 Å². The number of unbranched alkanes of at least 4 members (excludes halogenated alkanes) is 5. The van der Waals surface area contributed by atoms with Crippen LogP contribution in [0.1, 0.15) is 124 Å². The highest BCUT2D eigenvalue weighted by atomic mass is 16.7. The van der Waals surface area contributed by atoms with Crippen molar-refractivity contribution in [2.75, 3.05) is 0 Å². The SMILES string of the molecule is CCCCCC/C(=C\B1OC(C)(C)C(C)(C)O1)c1cccc(CCCCCC(C)(C)C)c1. The summed E-state index contributed by atoms with van der Waals surface area (Å²) in [6.07, 6.45) is 12.5. The molecule has 180 valence electrons. The fraction of sp³-hybridized carbons (Fsp3) is 0.724. The second-order valence-corrected chi connectivity index (χ2v) is 11.9. The van der Waals surface area contributed by atoms with E-state index in [-0.39, 0.29) is 18.3 Å². The first kappa shape index (κ1) is 27.2. The van der Waals surface area contributed by atoms with Crippen LogP contribution in [0.5, 0.6) is 0 Å². The largest absolute Gasteiger partial charge is 0.487 e. The molecule has 1 heterocycles. The van der Waals surface area contributed by atoms with Crippen molar-refractivity contribution in [2.45, 2.75) is 131 Å². The van der Waals surface area contributed by atoms with Crippen LogP contribution in [0.3, 0.4) is 0 Å². The lowest BCUT2D eigenvalue weighted by Crippen LogP contribution is -2.41. The zero-order valence-corrected chi connectivity index (χ0v) is 22.4. The van der Waals surface area contributed by atoms with Gasteiger partial charge in [-0.05, 0) is 81.9 Å². The fourth-order valence-corrected chi connectivity index (χ4v) is 4.27. The van der Waals surface area contributed by atoms with Gasteiger partial charge in [0.15, 0.2) is 0 Å². The molecule has 0 spiro atoms. The first-order valence-electron chi connectivity index (χ1n) is 13.1. The molecule has 1 saturated heterocycles. The standard InChI is InChI=1S/C29H49BO2/c1-9-10-11-14-19-26(23-30-31-28(5,6)29(7,8)32-30)25-20-16-18-24(22-25)17-13-12-15-21-27(2,3)4/h16,18,20,22-23H,9-15,17,19,21H2,1-8H3/b26-23+. The van der Waals surface area contributed by atoms with Crippen LogP contribution in [0, 0.1) is 5.41 Å². The first-order chi connectivity index (χ1) is 14.9. The molecule has 2 rings (SSSR count). The highest BCUT2D eigenvalue weighted by Crippen LogP contribution is 2.38. The summed E-state index contributed by atoms with van der Waals surface area (Å²) >= 11 is 0. The summed E-state index contributed by atoms with van der Waals surface area (Å²) in [5.74, 6) is 2.24. The third-order valence-electron chi connectivity index (χ3n) is 7.10. The predicted molar refractivity (Wildman–Crippen MR) is 141 cm³/mol. The van der Waals surface area contributed by atoms with Crippen molar-refractivity contribution in [3.63, 3.8) is 0 Å². The quantitative estimate of drug-likeness (QED) is 0.239. The second-order valence-electron chi connectivity index (χ2n) is 11.9. The number of rotatable bonds is 12. The Kier molecular flexibility index (Phi) is 10.1. The van der Waals surface area contributed by atoms with Gasteiger partial charge in [-0.25, -0.2) is 0 Å². The third-order valence-corrected chi connectivity index (χ3v) is 7.10. The molecule has 0 unspecified atom stereocenters. The van der Waals surface area contributed by atoms with Gasteiger partial charge < -0.3 is 9.31 Å². The Morgan fingerprint density at radius 2 is 1.56 bits per heavy atom. The molecular formula is C29H49BO2. The first-order valence-corrected chi connectivity index (χ1v) is 13.1. The molecular weight excluding hydrogens is 391 g/mol. The van der Waals surface area contributed by atoms with Gasteiger partial charge >= 0.3 is 7.12 Å². The predicted octanol–water partition coefficient (Wildman–Crippen LogP) is 8.82. The molecule has 1 aliphatic rings. The van der Waals surface area contributed by atoms with Gasteiger partial charge in [0.2, 0.25) is 0 Å². The van der Waals surface area contributed by atoms with Crippen molar-refractivity contribution in [3.05, 3.63) is 41.4 Å². The molecule has 0 amide bonds. The molecule has 0 radical (unpaired) electrons. The Bertz CT molecular complexity index is 711. The molecule has 3 heteroatoms. The Labute approximate surface area is 199 Å². The van der Waals surface area contributed by atoms with Gasteiger partial charge in [-0.1, -0.05) is 90.0 Å². The van der Waals surface area contributed by atoms with Crippen molar-refractivity contribution < 1.29 is 9.31 Å². The Morgan fingerprint density at radius 3 is 2.19 bits per heavy atom. The Balaban J connectivity index is 2.08. The highest BCUT2D eigenvalue weighted by Gasteiger charge is 2.50.